The molecular formula is C17H27N5OS. The third-order valence-corrected chi connectivity index (χ3v) is 4.95. The van der Waals surface area contributed by atoms with E-state index >= 15 is 0 Å². The topological polar surface area (TPSA) is 75.3 Å². The second kappa shape index (κ2) is 8.82. The SMILES string of the molecule is CCNC(=NCc1ncc(CC)s1)NCC(C)c1c(C)noc1C. The van der Waals surface area contributed by atoms with Crippen LogP contribution in [0.15, 0.2) is 15.7 Å². The van der Waals surface area contributed by atoms with Crippen LogP contribution in [0.25, 0.3) is 0 Å². The molecule has 0 saturated carbocycles. The van der Waals surface area contributed by atoms with Gasteiger partial charge in [-0.2, -0.15) is 0 Å². The summed E-state index contributed by atoms with van der Waals surface area (Å²) < 4.78 is 5.26. The number of aliphatic imine (C=N–C) groups is 1. The van der Waals surface area contributed by atoms with Crippen LogP contribution < -0.4 is 10.6 Å². The Kier molecular flexibility index (Phi) is 6.78. The number of nitrogens with zero attached hydrogens (tertiary/aromatic N) is 3. The fourth-order valence-corrected chi connectivity index (χ4v) is 3.41. The standard InChI is InChI=1S/C17H27N5OS/c1-6-14-9-19-15(24-14)10-21-17(18-7-2)20-8-11(3)16-12(4)22-23-13(16)5/h9,11H,6-8,10H2,1-5H3,(H2,18,20,21). The van der Waals surface area contributed by atoms with Gasteiger partial charge in [0.25, 0.3) is 0 Å². The van der Waals surface area contributed by atoms with Crippen molar-refractivity contribution in [3.8, 4) is 0 Å². The predicted octanol–water partition coefficient (Wildman–Crippen LogP) is 3.17. The van der Waals surface area contributed by atoms with Gasteiger partial charge in [-0.15, -0.1) is 11.3 Å². The molecule has 0 radical (unpaired) electrons. The molecule has 0 aliphatic heterocycles. The molecule has 0 amide bonds. The average molecular weight is 350 g/mol. The molecule has 2 N–H and O–H groups in total. The highest BCUT2D eigenvalue weighted by molar-refractivity contribution is 7.11. The first-order valence-corrected chi connectivity index (χ1v) is 9.25. The maximum Gasteiger partial charge on any atom is 0.191 e. The van der Waals surface area contributed by atoms with Crippen molar-refractivity contribution >= 4 is 17.3 Å². The maximum atomic E-state index is 5.26. The first kappa shape index (κ1) is 18.4. The Bertz CT molecular complexity index is 657. The van der Waals surface area contributed by atoms with E-state index in [0.717, 1.165) is 41.9 Å². The van der Waals surface area contributed by atoms with Gasteiger partial charge in [0.1, 0.15) is 10.8 Å². The van der Waals surface area contributed by atoms with E-state index in [2.05, 4.69) is 46.5 Å². The monoisotopic (exact) mass is 349 g/mol. The molecule has 132 valence electrons. The molecule has 0 aromatic carbocycles. The van der Waals surface area contributed by atoms with E-state index in [0.29, 0.717) is 12.5 Å². The third-order valence-electron chi connectivity index (χ3n) is 3.82. The summed E-state index contributed by atoms with van der Waals surface area (Å²) in [5.41, 5.74) is 2.13. The Morgan fingerprint density at radius 3 is 2.71 bits per heavy atom. The summed E-state index contributed by atoms with van der Waals surface area (Å²) in [6, 6.07) is 0. The fraction of sp³-hybridized carbons (Fsp3) is 0.588. The van der Waals surface area contributed by atoms with Gasteiger partial charge in [-0.25, -0.2) is 9.98 Å². The minimum Gasteiger partial charge on any atom is -0.361 e. The number of guanidine groups is 1. The molecule has 0 fully saturated rings. The van der Waals surface area contributed by atoms with E-state index in [1.165, 1.54) is 10.4 Å². The Balaban J connectivity index is 1.96. The van der Waals surface area contributed by atoms with Crippen LogP contribution in [0.1, 0.15) is 53.6 Å². The van der Waals surface area contributed by atoms with Gasteiger partial charge in [0, 0.05) is 35.6 Å². The van der Waals surface area contributed by atoms with Gasteiger partial charge in [0.2, 0.25) is 0 Å². The van der Waals surface area contributed by atoms with Crippen molar-refractivity contribution in [2.45, 2.75) is 53.5 Å². The molecule has 1 atom stereocenters. The van der Waals surface area contributed by atoms with Crippen LogP contribution in [0.4, 0.5) is 0 Å². The van der Waals surface area contributed by atoms with E-state index in [9.17, 15) is 0 Å². The highest BCUT2D eigenvalue weighted by atomic mass is 32.1. The Hall–Kier alpha value is -1.89. The Labute approximate surface area is 147 Å². The van der Waals surface area contributed by atoms with Gasteiger partial charge < -0.3 is 15.2 Å². The number of thiazole rings is 1. The molecule has 1 unspecified atom stereocenters. The fourth-order valence-electron chi connectivity index (χ4n) is 2.62. The maximum absolute atomic E-state index is 5.26. The molecule has 2 aromatic rings. The lowest BCUT2D eigenvalue weighted by Gasteiger charge is -2.15. The number of nitrogens with one attached hydrogen (secondary N) is 2. The molecule has 7 heteroatoms. The van der Waals surface area contributed by atoms with Crippen LogP contribution in [0.5, 0.6) is 0 Å². The summed E-state index contributed by atoms with van der Waals surface area (Å²) in [7, 11) is 0. The zero-order valence-corrected chi connectivity index (χ0v) is 16.0. The minimum atomic E-state index is 0.298. The molecule has 24 heavy (non-hydrogen) atoms. The van der Waals surface area contributed by atoms with Gasteiger partial charge in [0.05, 0.1) is 12.2 Å². The van der Waals surface area contributed by atoms with Crippen molar-refractivity contribution in [3.05, 3.63) is 33.1 Å². The molecule has 0 bridgehead atoms. The second-order valence-corrected chi connectivity index (χ2v) is 6.99. The van der Waals surface area contributed by atoms with Crippen molar-refractivity contribution in [3.63, 3.8) is 0 Å². The molecule has 0 saturated heterocycles. The van der Waals surface area contributed by atoms with Gasteiger partial charge in [-0.1, -0.05) is 19.0 Å². The molecule has 0 spiro atoms. The van der Waals surface area contributed by atoms with Crippen molar-refractivity contribution in [2.24, 2.45) is 4.99 Å². The summed E-state index contributed by atoms with van der Waals surface area (Å²) >= 11 is 1.72. The van der Waals surface area contributed by atoms with Crippen LogP contribution in [0.2, 0.25) is 0 Å². The van der Waals surface area contributed by atoms with Gasteiger partial charge in [-0.05, 0) is 27.2 Å². The number of hydrogen-bond donors (Lipinski definition) is 2. The van der Waals surface area contributed by atoms with Crippen molar-refractivity contribution in [2.75, 3.05) is 13.1 Å². The van der Waals surface area contributed by atoms with E-state index in [4.69, 9.17) is 4.52 Å². The van der Waals surface area contributed by atoms with E-state index in [1.807, 2.05) is 20.0 Å². The van der Waals surface area contributed by atoms with E-state index < -0.39 is 0 Å². The zero-order chi connectivity index (χ0) is 17.5. The van der Waals surface area contributed by atoms with E-state index in [1.54, 1.807) is 11.3 Å². The first-order valence-electron chi connectivity index (χ1n) is 8.43. The van der Waals surface area contributed by atoms with Crippen LogP contribution >= 0.6 is 11.3 Å². The Morgan fingerprint density at radius 1 is 1.33 bits per heavy atom. The van der Waals surface area contributed by atoms with Gasteiger partial charge in [-0.3, -0.25) is 0 Å². The zero-order valence-electron chi connectivity index (χ0n) is 15.1. The highest BCUT2D eigenvalue weighted by Crippen LogP contribution is 2.22. The largest absolute Gasteiger partial charge is 0.361 e. The lowest BCUT2D eigenvalue weighted by Crippen LogP contribution is -2.39. The summed E-state index contributed by atoms with van der Waals surface area (Å²) in [4.78, 5) is 10.3. The van der Waals surface area contributed by atoms with Crippen molar-refractivity contribution < 1.29 is 4.52 Å². The van der Waals surface area contributed by atoms with E-state index in [-0.39, 0.29) is 0 Å². The second-order valence-electron chi connectivity index (χ2n) is 5.79. The lowest BCUT2D eigenvalue weighted by atomic mass is 10.00. The molecule has 6 nitrogen and oxygen atoms in total. The first-order chi connectivity index (χ1) is 11.5. The number of aromatic nitrogens is 2. The molecular weight excluding hydrogens is 322 g/mol. The molecule has 2 aromatic heterocycles. The molecule has 0 aliphatic rings. The van der Waals surface area contributed by atoms with Gasteiger partial charge in [0.15, 0.2) is 5.96 Å². The normalized spacial score (nSPS) is 13.1. The van der Waals surface area contributed by atoms with Gasteiger partial charge >= 0.3 is 0 Å². The quantitative estimate of drug-likeness (QED) is 0.593. The van der Waals surface area contributed by atoms with Crippen LogP contribution in [-0.4, -0.2) is 29.2 Å². The predicted molar refractivity (Wildman–Crippen MR) is 98.7 cm³/mol. The summed E-state index contributed by atoms with van der Waals surface area (Å²) in [6.45, 7) is 12.5. The third kappa shape index (κ3) is 4.80. The summed E-state index contributed by atoms with van der Waals surface area (Å²) in [6.07, 6.45) is 2.96. The Morgan fingerprint density at radius 2 is 2.12 bits per heavy atom. The summed E-state index contributed by atoms with van der Waals surface area (Å²) in [5, 5.41) is 11.8. The number of hydrogen-bond acceptors (Lipinski definition) is 5. The molecule has 2 rings (SSSR count). The molecule has 2 heterocycles. The smallest absolute Gasteiger partial charge is 0.191 e. The minimum absolute atomic E-state index is 0.298. The molecule has 0 aliphatic carbocycles. The van der Waals surface area contributed by atoms with Crippen LogP contribution in [-0.2, 0) is 13.0 Å². The lowest BCUT2D eigenvalue weighted by molar-refractivity contribution is 0.391. The van der Waals surface area contributed by atoms with Crippen molar-refractivity contribution in [1.29, 1.82) is 0 Å². The summed E-state index contributed by atoms with van der Waals surface area (Å²) in [5.74, 6) is 2.00. The highest BCUT2D eigenvalue weighted by Gasteiger charge is 2.16. The van der Waals surface area contributed by atoms with Crippen LogP contribution in [0.3, 0.4) is 0 Å². The number of rotatable bonds is 7. The van der Waals surface area contributed by atoms with Crippen LogP contribution in [0, 0.1) is 13.8 Å². The average Bonchev–Trinajstić information content (AvgIpc) is 3.16. The number of aryl methyl sites for hydroxylation is 3. The van der Waals surface area contributed by atoms with Crippen molar-refractivity contribution in [1.82, 2.24) is 20.8 Å².